The predicted octanol–water partition coefficient (Wildman–Crippen LogP) is 2.08. The second kappa shape index (κ2) is 5.92. The fraction of sp³-hybridized carbons (Fsp3) is 0.588. The van der Waals surface area contributed by atoms with E-state index in [0.29, 0.717) is 25.0 Å². The second-order valence-electron chi connectivity index (χ2n) is 6.68. The number of rotatable bonds is 5. The van der Waals surface area contributed by atoms with Crippen LogP contribution in [0.3, 0.4) is 0 Å². The van der Waals surface area contributed by atoms with E-state index in [9.17, 15) is 4.79 Å². The summed E-state index contributed by atoms with van der Waals surface area (Å²) < 4.78 is 7.24. The van der Waals surface area contributed by atoms with Crippen molar-refractivity contribution in [2.24, 2.45) is 0 Å². The van der Waals surface area contributed by atoms with E-state index >= 15 is 0 Å². The Morgan fingerprint density at radius 2 is 2.17 bits per heavy atom. The second-order valence-corrected chi connectivity index (χ2v) is 6.68. The number of hydrogen-bond donors (Lipinski definition) is 0. The highest BCUT2D eigenvalue weighted by atomic mass is 16.4. The molecule has 2 aliphatic rings. The fourth-order valence-electron chi connectivity index (χ4n) is 3.35. The van der Waals surface area contributed by atoms with Crippen LogP contribution in [0.2, 0.25) is 0 Å². The first kappa shape index (κ1) is 14.6. The van der Waals surface area contributed by atoms with Crippen molar-refractivity contribution in [1.29, 1.82) is 0 Å². The quantitative estimate of drug-likeness (QED) is 0.845. The highest BCUT2D eigenvalue weighted by Gasteiger charge is 2.28. The van der Waals surface area contributed by atoms with Gasteiger partial charge < -0.3 is 4.42 Å². The molecule has 4 rings (SSSR count). The SMILES string of the molecule is Cc1cnc(CN2CCCC2Cn2nc(C3CC3)ccc2=O)o1. The van der Waals surface area contributed by atoms with Gasteiger partial charge in [0.1, 0.15) is 5.76 Å². The molecule has 1 aliphatic carbocycles. The molecule has 6 nitrogen and oxygen atoms in total. The van der Waals surface area contributed by atoms with Gasteiger partial charge in [-0.3, -0.25) is 9.69 Å². The molecule has 23 heavy (non-hydrogen) atoms. The Bertz CT molecular complexity index is 747. The molecule has 0 radical (unpaired) electrons. The van der Waals surface area contributed by atoms with E-state index < -0.39 is 0 Å². The largest absolute Gasteiger partial charge is 0.445 e. The maximum Gasteiger partial charge on any atom is 0.266 e. The van der Waals surface area contributed by atoms with Gasteiger partial charge in [-0.1, -0.05) is 0 Å². The first-order chi connectivity index (χ1) is 11.2. The highest BCUT2D eigenvalue weighted by molar-refractivity contribution is 5.12. The van der Waals surface area contributed by atoms with Crippen molar-refractivity contribution in [1.82, 2.24) is 19.7 Å². The molecule has 6 heteroatoms. The highest BCUT2D eigenvalue weighted by Crippen LogP contribution is 2.38. The Hall–Kier alpha value is -1.95. The zero-order valence-corrected chi connectivity index (χ0v) is 13.4. The average molecular weight is 314 g/mol. The lowest BCUT2D eigenvalue weighted by Gasteiger charge is -2.23. The molecular formula is C17H22N4O2. The molecule has 0 amide bonds. The van der Waals surface area contributed by atoms with Gasteiger partial charge >= 0.3 is 0 Å². The van der Waals surface area contributed by atoms with Crippen LogP contribution in [0.4, 0.5) is 0 Å². The zero-order valence-electron chi connectivity index (χ0n) is 13.4. The molecule has 2 aromatic heterocycles. The lowest BCUT2D eigenvalue weighted by Crippen LogP contribution is -2.36. The van der Waals surface area contributed by atoms with E-state index in [4.69, 9.17) is 4.42 Å². The minimum absolute atomic E-state index is 0.00628. The summed E-state index contributed by atoms with van der Waals surface area (Å²) in [6.45, 7) is 4.28. The minimum Gasteiger partial charge on any atom is -0.445 e. The average Bonchev–Trinajstić information content (AvgIpc) is 3.18. The van der Waals surface area contributed by atoms with Crippen molar-refractivity contribution in [3.63, 3.8) is 0 Å². The van der Waals surface area contributed by atoms with Gasteiger partial charge in [-0.2, -0.15) is 5.10 Å². The number of oxazole rings is 1. The van der Waals surface area contributed by atoms with Gasteiger partial charge in [-0.05, 0) is 45.2 Å². The summed E-state index contributed by atoms with van der Waals surface area (Å²) in [7, 11) is 0. The number of likely N-dealkylation sites (tertiary alicyclic amines) is 1. The molecule has 1 atom stereocenters. The van der Waals surface area contributed by atoms with Crippen LogP contribution >= 0.6 is 0 Å². The molecule has 1 saturated carbocycles. The van der Waals surface area contributed by atoms with Crippen molar-refractivity contribution < 1.29 is 4.42 Å². The van der Waals surface area contributed by atoms with E-state index in [2.05, 4.69) is 15.0 Å². The van der Waals surface area contributed by atoms with Crippen molar-refractivity contribution in [3.8, 4) is 0 Å². The summed E-state index contributed by atoms with van der Waals surface area (Å²) >= 11 is 0. The van der Waals surface area contributed by atoms with Crippen LogP contribution < -0.4 is 5.56 Å². The number of hydrogen-bond acceptors (Lipinski definition) is 5. The molecule has 1 aliphatic heterocycles. The first-order valence-corrected chi connectivity index (χ1v) is 8.42. The molecule has 0 bridgehead atoms. The number of aromatic nitrogens is 3. The molecule has 0 N–H and O–H groups in total. The third kappa shape index (κ3) is 3.22. The smallest absolute Gasteiger partial charge is 0.266 e. The van der Waals surface area contributed by atoms with Crippen molar-refractivity contribution in [3.05, 3.63) is 46.0 Å². The molecule has 1 unspecified atom stereocenters. The van der Waals surface area contributed by atoms with Gasteiger partial charge in [-0.15, -0.1) is 0 Å². The Kier molecular flexibility index (Phi) is 3.77. The van der Waals surface area contributed by atoms with E-state index in [1.54, 1.807) is 16.9 Å². The van der Waals surface area contributed by atoms with Crippen LogP contribution in [0.1, 0.15) is 48.9 Å². The van der Waals surface area contributed by atoms with Gasteiger partial charge in [0, 0.05) is 18.0 Å². The Morgan fingerprint density at radius 3 is 2.91 bits per heavy atom. The third-order valence-corrected chi connectivity index (χ3v) is 4.77. The first-order valence-electron chi connectivity index (χ1n) is 8.42. The van der Waals surface area contributed by atoms with Crippen LogP contribution in [0.15, 0.2) is 27.5 Å². The zero-order chi connectivity index (χ0) is 15.8. The van der Waals surface area contributed by atoms with E-state index in [-0.39, 0.29) is 5.56 Å². The molecule has 3 heterocycles. The van der Waals surface area contributed by atoms with Crippen LogP contribution in [-0.2, 0) is 13.1 Å². The summed E-state index contributed by atoms with van der Waals surface area (Å²) in [6.07, 6.45) is 6.38. The normalized spacial score (nSPS) is 21.9. The van der Waals surface area contributed by atoms with E-state index in [1.165, 1.54) is 12.8 Å². The minimum atomic E-state index is -0.00628. The molecule has 1 saturated heterocycles. The Morgan fingerprint density at radius 1 is 1.30 bits per heavy atom. The van der Waals surface area contributed by atoms with Crippen LogP contribution in [0, 0.1) is 6.92 Å². The van der Waals surface area contributed by atoms with E-state index in [1.807, 2.05) is 13.0 Å². The lowest BCUT2D eigenvalue weighted by molar-refractivity contribution is 0.196. The topological polar surface area (TPSA) is 64.2 Å². The van der Waals surface area contributed by atoms with Crippen LogP contribution in [0.25, 0.3) is 0 Å². The molecule has 2 aromatic rings. The molecular weight excluding hydrogens is 292 g/mol. The van der Waals surface area contributed by atoms with Crippen LogP contribution in [0.5, 0.6) is 0 Å². The maximum absolute atomic E-state index is 12.1. The molecule has 0 aromatic carbocycles. The molecule has 122 valence electrons. The van der Waals surface area contributed by atoms with E-state index in [0.717, 1.165) is 36.7 Å². The Balaban J connectivity index is 1.48. The summed E-state index contributed by atoms with van der Waals surface area (Å²) in [6, 6.07) is 3.87. The summed E-state index contributed by atoms with van der Waals surface area (Å²) in [4.78, 5) is 18.8. The fourth-order valence-corrected chi connectivity index (χ4v) is 3.35. The van der Waals surface area contributed by atoms with Gasteiger partial charge in [0.15, 0.2) is 0 Å². The lowest BCUT2D eigenvalue weighted by atomic mass is 10.2. The van der Waals surface area contributed by atoms with Gasteiger partial charge in [0.2, 0.25) is 5.89 Å². The van der Waals surface area contributed by atoms with Gasteiger partial charge in [-0.25, -0.2) is 9.67 Å². The monoisotopic (exact) mass is 314 g/mol. The molecule has 0 spiro atoms. The third-order valence-electron chi connectivity index (χ3n) is 4.77. The van der Waals surface area contributed by atoms with Gasteiger partial charge in [0.25, 0.3) is 5.56 Å². The van der Waals surface area contributed by atoms with Gasteiger partial charge in [0.05, 0.1) is 25.0 Å². The van der Waals surface area contributed by atoms with Crippen molar-refractivity contribution in [2.75, 3.05) is 6.54 Å². The summed E-state index contributed by atoms with van der Waals surface area (Å²) in [5.74, 6) is 2.16. The maximum atomic E-state index is 12.1. The molecule has 2 fully saturated rings. The summed E-state index contributed by atoms with van der Waals surface area (Å²) in [5.41, 5.74) is 1.06. The van der Waals surface area contributed by atoms with Crippen molar-refractivity contribution in [2.45, 2.75) is 57.7 Å². The number of aryl methyl sites for hydroxylation is 1. The van der Waals surface area contributed by atoms with Crippen molar-refractivity contribution >= 4 is 0 Å². The van der Waals surface area contributed by atoms with Crippen LogP contribution in [-0.4, -0.2) is 32.3 Å². The standard InChI is InChI=1S/C17H22N4O2/c1-12-9-18-16(23-12)11-20-8-2-3-14(20)10-21-17(22)7-6-15(19-21)13-4-5-13/h6-7,9,13-14H,2-5,8,10-11H2,1H3. The predicted molar refractivity (Wildman–Crippen MR) is 85.1 cm³/mol. The number of nitrogens with zero attached hydrogens (tertiary/aromatic N) is 4. The Labute approximate surface area is 135 Å². The summed E-state index contributed by atoms with van der Waals surface area (Å²) in [5, 5.41) is 4.58.